The highest BCUT2D eigenvalue weighted by molar-refractivity contribution is 9.10. The maximum absolute atomic E-state index is 11.1. The number of aliphatic imine (C=N–C) groups is 1. The summed E-state index contributed by atoms with van der Waals surface area (Å²) in [6.07, 6.45) is 0. The number of nitrogens with zero attached hydrogens (tertiary/aromatic N) is 1. The van der Waals surface area contributed by atoms with Gasteiger partial charge in [-0.3, -0.25) is 14.6 Å². The molecule has 0 aliphatic carbocycles. The maximum atomic E-state index is 11.1. The summed E-state index contributed by atoms with van der Waals surface area (Å²) in [5, 5.41) is 3.39. The van der Waals surface area contributed by atoms with Gasteiger partial charge in [-0.15, -0.1) is 0 Å². The molecular formula is C11H19BrN2O2S. The van der Waals surface area contributed by atoms with E-state index >= 15 is 0 Å². The van der Waals surface area contributed by atoms with Crippen LogP contribution in [0.2, 0.25) is 0 Å². The molecule has 1 heterocycles. The van der Waals surface area contributed by atoms with Gasteiger partial charge in [0.05, 0.1) is 9.07 Å². The molecule has 98 valence electrons. The Morgan fingerprint density at radius 2 is 1.88 bits per heavy atom. The van der Waals surface area contributed by atoms with Gasteiger partial charge in [-0.1, -0.05) is 27.7 Å². The van der Waals surface area contributed by atoms with Crippen molar-refractivity contribution in [3.63, 3.8) is 0 Å². The molecule has 1 saturated heterocycles. The molecule has 0 aromatic heterocycles. The lowest BCUT2D eigenvalue weighted by Crippen LogP contribution is -2.30. The van der Waals surface area contributed by atoms with Gasteiger partial charge in [0.15, 0.2) is 5.17 Å². The zero-order chi connectivity index (χ0) is 13.9. The van der Waals surface area contributed by atoms with E-state index in [0.29, 0.717) is 0 Å². The second-order valence-electron chi connectivity index (χ2n) is 4.62. The Balaban J connectivity index is 0.000000325. The molecule has 0 spiro atoms. The van der Waals surface area contributed by atoms with Gasteiger partial charge in [0, 0.05) is 7.05 Å². The molecule has 0 radical (unpaired) electrons. The van der Waals surface area contributed by atoms with E-state index in [2.05, 4.69) is 26.2 Å². The van der Waals surface area contributed by atoms with Crippen molar-refractivity contribution >= 4 is 44.5 Å². The number of carbonyl (C=O) groups excluding carboxylic acids is 2. The van der Waals surface area contributed by atoms with Crippen molar-refractivity contribution in [3.8, 4) is 0 Å². The molecule has 0 aromatic carbocycles. The Morgan fingerprint density at radius 1 is 1.47 bits per heavy atom. The summed E-state index contributed by atoms with van der Waals surface area (Å²) < 4.78 is -0.665. The minimum absolute atomic E-state index is 0.0399. The number of rotatable bonds is 1. The third kappa shape index (κ3) is 5.68. The first-order chi connectivity index (χ1) is 7.50. The van der Waals surface area contributed by atoms with E-state index in [1.54, 1.807) is 14.0 Å². The first-order valence-corrected chi connectivity index (χ1v) is 6.79. The highest BCUT2D eigenvalue weighted by atomic mass is 79.9. The van der Waals surface area contributed by atoms with Crippen molar-refractivity contribution in [1.82, 2.24) is 5.32 Å². The standard InChI is InChI=1S/C6H10N2OS.C5H9BrO/c1-6(2)4(9)8-5(7-3)10-6;1-4(7)5(2,3)6/h1-3H3,(H,7,8,9);1-3H3. The summed E-state index contributed by atoms with van der Waals surface area (Å²) in [6, 6.07) is 0. The molecule has 1 N–H and O–H groups in total. The molecular weight excluding hydrogens is 304 g/mol. The highest BCUT2D eigenvalue weighted by Gasteiger charge is 2.37. The summed E-state index contributed by atoms with van der Waals surface area (Å²) in [4.78, 5) is 25.4. The molecule has 1 aliphatic rings. The van der Waals surface area contributed by atoms with E-state index in [9.17, 15) is 9.59 Å². The van der Waals surface area contributed by atoms with Crippen molar-refractivity contribution < 1.29 is 9.59 Å². The molecule has 0 bridgehead atoms. The highest BCUT2D eigenvalue weighted by Crippen LogP contribution is 2.30. The van der Waals surface area contributed by atoms with Gasteiger partial charge in [-0.25, -0.2) is 0 Å². The number of thioether (sulfide) groups is 1. The van der Waals surface area contributed by atoms with E-state index in [-0.39, 0.29) is 20.8 Å². The number of alkyl halides is 1. The van der Waals surface area contributed by atoms with Gasteiger partial charge in [0.25, 0.3) is 0 Å². The number of carbonyl (C=O) groups is 2. The molecule has 1 rings (SSSR count). The molecule has 0 atom stereocenters. The van der Waals surface area contributed by atoms with Crippen LogP contribution in [0.1, 0.15) is 34.6 Å². The molecule has 4 nitrogen and oxygen atoms in total. The normalized spacial score (nSPS) is 20.6. The predicted molar refractivity (Wildman–Crippen MR) is 76.9 cm³/mol. The summed E-state index contributed by atoms with van der Waals surface area (Å²) >= 11 is 4.66. The van der Waals surface area contributed by atoms with E-state index < -0.39 is 0 Å². The second kappa shape index (κ2) is 6.00. The number of hydrogen-bond donors (Lipinski definition) is 1. The van der Waals surface area contributed by atoms with E-state index in [0.717, 1.165) is 5.17 Å². The van der Waals surface area contributed by atoms with Gasteiger partial charge >= 0.3 is 0 Å². The quantitative estimate of drug-likeness (QED) is 0.754. The zero-order valence-electron chi connectivity index (χ0n) is 11.0. The minimum atomic E-state index is -0.338. The van der Waals surface area contributed by atoms with Crippen LogP contribution in [0.25, 0.3) is 0 Å². The number of hydrogen-bond acceptors (Lipinski definition) is 4. The van der Waals surface area contributed by atoms with E-state index in [4.69, 9.17) is 0 Å². The first-order valence-electron chi connectivity index (χ1n) is 5.18. The topological polar surface area (TPSA) is 58.5 Å². The fourth-order valence-corrected chi connectivity index (χ4v) is 1.52. The van der Waals surface area contributed by atoms with Crippen LogP contribution in [0.5, 0.6) is 0 Å². The van der Waals surface area contributed by atoms with Crippen LogP contribution in [0.15, 0.2) is 4.99 Å². The van der Waals surface area contributed by atoms with Crippen LogP contribution in [0.3, 0.4) is 0 Å². The number of ketones is 1. The minimum Gasteiger partial charge on any atom is -0.304 e. The SMILES string of the molecule is CC(=O)C(C)(C)Br.CN=C1NC(=O)C(C)(C)S1. The number of halogens is 1. The molecule has 1 aliphatic heterocycles. The Hall–Kier alpha value is -0.360. The number of Topliss-reactive ketones (excluding diaryl/α,β-unsaturated/α-hetero) is 1. The monoisotopic (exact) mass is 322 g/mol. The number of amides is 1. The van der Waals surface area contributed by atoms with Crippen LogP contribution in [-0.4, -0.2) is 33.0 Å². The Bertz CT molecular complexity index is 346. The van der Waals surface area contributed by atoms with Crippen LogP contribution < -0.4 is 5.32 Å². The van der Waals surface area contributed by atoms with Gasteiger partial charge in [-0.05, 0) is 34.6 Å². The predicted octanol–water partition coefficient (Wildman–Crippen LogP) is 2.36. The van der Waals surface area contributed by atoms with Crippen molar-refractivity contribution in [3.05, 3.63) is 0 Å². The van der Waals surface area contributed by atoms with Crippen molar-refractivity contribution in [1.29, 1.82) is 0 Å². The van der Waals surface area contributed by atoms with E-state index in [1.807, 2.05) is 27.7 Å². The van der Waals surface area contributed by atoms with Crippen molar-refractivity contribution in [2.75, 3.05) is 7.05 Å². The van der Waals surface area contributed by atoms with Gasteiger partial charge in [0.1, 0.15) is 5.78 Å². The molecule has 1 amide bonds. The summed E-state index contributed by atoms with van der Waals surface area (Å²) in [7, 11) is 1.67. The lowest BCUT2D eigenvalue weighted by molar-refractivity contribution is -0.121. The Morgan fingerprint density at radius 3 is 2.00 bits per heavy atom. The molecule has 17 heavy (non-hydrogen) atoms. The third-order valence-electron chi connectivity index (χ3n) is 2.16. The van der Waals surface area contributed by atoms with Gasteiger partial charge < -0.3 is 5.32 Å². The van der Waals surface area contributed by atoms with Crippen LogP contribution in [-0.2, 0) is 9.59 Å². The average molecular weight is 323 g/mol. The van der Waals surface area contributed by atoms with Crippen molar-refractivity contribution in [2.45, 2.75) is 43.7 Å². The van der Waals surface area contributed by atoms with E-state index in [1.165, 1.54) is 11.8 Å². The molecule has 0 saturated carbocycles. The fraction of sp³-hybridized carbons (Fsp3) is 0.727. The lowest BCUT2D eigenvalue weighted by atomic mass is 10.1. The zero-order valence-corrected chi connectivity index (χ0v) is 13.5. The lowest BCUT2D eigenvalue weighted by Gasteiger charge is -2.08. The number of nitrogens with one attached hydrogen (secondary N) is 1. The number of amidine groups is 1. The van der Waals surface area contributed by atoms with Gasteiger partial charge in [-0.2, -0.15) is 0 Å². The molecule has 1 fully saturated rings. The smallest absolute Gasteiger partial charge is 0.242 e. The summed E-state index contributed by atoms with van der Waals surface area (Å²) in [5.74, 6) is 0.200. The summed E-state index contributed by atoms with van der Waals surface area (Å²) in [6.45, 7) is 8.98. The van der Waals surface area contributed by atoms with Crippen LogP contribution in [0, 0.1) is 0 Å². The molecule has 0 unspecified atom stereocenters. The molecule has 0 aromatic rings. The van der Waals surface area contributed by atoms with Gasteiger partial charge in [0.2, 0.25) is 5.91 Å². The fourth-order valence-electron chi connectivity index (χ4n) is 0.663. The van der Waals surface area contributed by atoms with Crippen LogP contribution in [0.4, 0.5) is 0 Å². The van der Waals surface area contributed by atoms with Crippen molar-refractivity contribution in [2.24, 2.45) is 4.99 Å². The molecule has 6 heteroatoms. The largest absolute Gasteiger partial charge is 0.304 e. The maximum Gasteiger partial charge on any atom is 0.242 e. The Labute approximate surface area is 115 Å². The first kappa shape index (κ1) is 16.6. The van der Waals surface area contributed by atoms with Crippen LogP contribution >= 0.6 is 27.7 Å². The summed E-state index contributed by atoms with van der Waals surface area (Å²) in [5.41, 5.74) is 0. The third-order valence-corrected chi connectivity index (χ3v) is 3.89. The average Bonchev–Trinajstić information content (AvgIpc) is 2.40. The second-order valence-corrected chi connectivity index (χ2v) is 8.22. The Kier molecular flexibility index (Phi) is 5.87.